The first-order chi connectivity index (χ1) is 7.15. The fourth-order valence-electron chi connectivity index (χ4n) is 1.20. The van der Waals surface area contributed by atoms with Crippen LogP contribution in [0.1, 0.15) is 24.9 Å². The van der Waals surface area contributed by atoms with E-state index < -0.39 is 6.04 Å². The Bertz CT molecular complexity index is 344. The van der Waals surface area contributed by atoms with Gasteiger partial charge in [-0.3, -0.25) is 9.78 Å². The maximum atomic E-state index is 11.2. The number of rotatable bonds is 4. The first-order valence-corrected chi connectivity index (χ1v) is 5.03. The molecule has 0 aliphatic heterocycles. The smallest absolute Gasteiger partial charge is 0.307 e. The molecule has 0 spiro atoms. The fourth-order valence-corrected chi connectivity index (χ4v) is 1.46. The molecule has 82 valence electrons. The number of aromatic nitrogens is 1. The average Bonchev–Trinajstić information content (AvgIpc) is 2.18. The van der Waals surface area contributed by atoms with Gasteiger partial charge in [0.05, 0.1) is 18.1 Å². The van der Waals surface area contributed by atoms with Gasteiger partial charge in [-0.1, -0.05) is 11.6 Å². The van der Waals surface area contributed by atoms with Crippen LogP contribution in [-0.4, -0.2) is 17.6 Å². The maximum absolute atomic E-state index is 11.2. The van der Waals surface area contributed by atoms with E-state index in [0.717, 1.165) is 0 Å². The molecule has 5 heteroatoms. The number of esters is 1. The van der Waals surface area contributed by atoms with E-state index in [1.807, 2.05) is 0 Å². The predicted octanol–water partition coefficient (Wildman–Crippen LogP) is 1.69. The van der Waals surface area contributed by atoms with Crippen LogP contribution in [0, 0.1) is 0 Å². The zero-order valence-corrected chi connectivity index (χ0v) is 9.20. The summed E-state index contributed by atoms with van der Waals surface area (Å²) in [5, 5.41) is 0.467. The first kappa shape index (κ1) is 11.9. The van der Waals surface area contributed by atoms with Gasteiger partial charge in [0.2, 0.25) is 0 Å². The molecule has 0 unspecified atom stereocenters. The minimum atomic E-state index is -0.445. The number of halogens is 1. The van der Waals surface area contributed by atoms with Gasteiger partial charge in [0.25, 0.3) is 0 Å². The molecule has 0 saturated heterocycles. The third kappa shape index (κ3) is 3.49. The lowest BCUT2D eigenvalue weighted by atomic mass is 10.1. The van der Waals surface area contributed by atoms with Crippen LogP contribution in [0.25, 0.3) is 0 Å². The highest BCUT2D eigenvalue weighted by molar-refractivity contribution is 6.31. The fraction of sp³-hybridized carbons (Fsp3) is 0.400. The molecule has 2 N–H and O–H groups in total. The molecular formula is C10H13ClN2O2. The van der Waals surface area contributed by atoms with Crippen molar-refractivity contribution in [2.75, 3.05) is 6.61 Å². The van der Waals surface area contributed by atoms with E-state index in [-0.39, 0.29) is 12.4 Å². The molecule has 0 saturated carbocycles. The van der Waals surface area contributed by atoms with E-state index in [9.17, 15) is 4.79 Å². The molecule has 1 atom stereocenters. The van der Waals surface area contributed by atoms with Crippen LogP contribution in [0.5, 0.6) is 0 Å². The highest BCUT2D eigenvalue weighted by Crippen LogP contribution is 2.22. The zero-order valence-electron chi connectivity index (χ0n) is 8.44. The van der Waals surface area contributed by atoms with Crippen molar-refractivity contribution >= 4 is 17.6 Å². The molecule has 0 amide bonds. The van der Waals surface area contributed by atoms with Crippen molar-refractivity contribution in [1.82, 2.24) is 4.98 Å². The highest BCUT2D eigenvalue weighted by Gasteiger charge is 2.14. The third-order valence-corrected chi connectivity index (χ3v) is 2.21. The Morgan fingerprint density at radius 3 is 3.07 bits per heavy atom. The quantitative estimate of drug-likeness (QED) is 0.797. The van der Waals surface area contributed by atoms with E-state index in [1.165, 1.54) is 6.20 Å². The minimum Gasteiger partial charge on any atom is -0.466 e. The Morgan fingerprint density at radius 1 is 1.73 bits per heavy atom. The first-order valence-electron chi connectivity index (χ1n) is 4.65. The van der Waals surface area contributed by atoms with Crippen molar-refractivity contribution in [3.8, 4) is 0 Å². The van der Waals surface area contributed by atoms with Crippen LogP contribution in [0.4, 0.5) is 0 Å². The lowest BCUT2D eigenvalue weighted by Crippen LogP contribution is -2.17. The van der Waals surface area contributed by atoms with E-state index in [2.05, 4.69) is 4.98 Å². The van der Waals surface area contributed by atoms with Crippen LogP contribution in [0.15, 0.2) is 18.5 Å². The number of ether oxygens (including phenoxy) is 1. The average molecular weight is 229 g/mol. The van der Waals surface area contributed by atoms with Gasteiger partial charge >= 0.3 is 5.97 Å². The summed E-state index contributed by atoms with van der Waals surface area (Å²) in [6.45, 7) is 2.11. The second-order valence-electron chi connectivity index (χ2n) is 3.01. The third-order valence-electron chi connectivity index (χ3n) is 1.90. The standard InChI is InChI=1S/C10H13ClN2O2/c1-2-15-10(14)5-9(12)7-3-4-13-6-8(7)11/h3-4,6,9H,2,5,12H2,1H3/t9-/m0/s1. The van der Waals surface area contributed by atoms with E-state index in [4.69, 9.17) is 22.1 Å². The summed E-state index contributed by atoms with van der Waals surface area (Å²) in [6.07, 6.45) is 3.21. The predicted molar refractivity (Wildman–Crippen MR) is 57.4 cm³/mol. The Kier molecular flexibility index (Phi) is 4.52. The summed E-state index contributed by atoms with van der Waals surface area (Å²) in [4.78, 5) is 15.0. The lowest BCUT2D eigenvalue weighted by molar-refractivity contribution is -0.143. The van der Waals surface area contributed by atoms with Crippen LogP contribution < -0.4 is 5.73 Å². The number of nitrogens with two attached hydrogens (primary N) is 1. The van der Waals surface area contributed by atoms with Crippen molar-refractivity contribution in [2.45, 2.75) is 19.4 Å². The Morgan fingerprint density at radius 2 is 2.47 bits per heavy atom. The van der Waals surface area contributed by atoms with Crippen LogP contribution in [0.3, 0.4) is 0 Å². The monoisotopic (exact) mass is 228 g/mol. The zero-order chi connectivity index (χ0) is 11.3. The molecule has 0 fully saturated rings. The summed E-state index contributed by atoms with van der Waals surface area (Å²) in [6, 6.07) is 1.26. The molecule has 1 rings (SSSR count). The SMILES string of the molecule is CCOC(=O)C[C@H](N)c1ccncc1Cl. The van der Waals surface area contributed by atoms with Crippen molar-refractivity contribution in [3.63, 3.8) is 0 Å². The van der Waals surface area contributed by atoms with Gasteiger partial charge in [0.1, 0.15) is 0 Å². The normalized spacial score (nSPS) is 12.2. The lowest BCUT2D eigenvalue weighted by Gasteiger charge is -2.12. The molecular weight excluding hydrogens is 216 g/mol. The number of pyridine rings is 1. The maximum Gasteiger partial charge on any atom is 0.307 e. The molecule has 0 bridgehead atoms. The van der Waals surface area contributed by atoms with Crippen LogP contribution >= 0.6 is 11.6 Å². The van der Waals surface area contributed by atoms with Crippen LogP contribution in [-0.2, 0) is 9.53 Å². The summed E-state index contributed by atoms with van der Waals surface area (Å²) in [5.74, 6) is -0.321. The molecule has 1 aromatic rings. The van der Waals surface area contributed by atoms with Crippen molar-refractivity contribution in [1.29, 1.82) is 0 Å². The van der Waals surface area contributed by atoms with Gasteiger partial charge in [0.15, 0.2) is 0 Å². The van der Waals surface area contributed by atoms with Gasteiger partial charge in [-0.25, -0.2) is 0 Å². The number of hydrogen-bond donors (Lipinski definition) is 1. The van der Waals surface area contributed by atoms with Gasteiger partial charge < -0.3 is 10.5 Å². The van der Waals surface area contributed by atoms with Gasteiger partial charge in [-0.15, -0.1) is 0 Å². The molecule has 0 aromatic carbocycles. The summed E-state index contributed by atoms with van der Waals surface area (Å²) in [7, 11) is 0. The number of carbonyl (C=O) groups is 1. The topological polar surface area (TPSA) is 65.2 Å². The second kappa shape index (κ2) is 5.68. The largest absolute Gasteiger partial charge is 0.466 e. The molecule has 15 heavy (non-hydrogen) atoms. The Balaban J connectivity index is 2.65. The molecule has 0 aliphatic carbocycles. The number of carbonyl (C=O) groups excluding carboxylic acids is 1. The Hall–Kier alpha value is -1.13. The van der Waals surface area contributed by atoms with E-state index >= 15 is 0 Å². The summed E-state index contributed by atoms with van der Waals surface area (Å²) < 4.78 is 4.80. The van der Waals surface area contributed by atoms with Crippen molar-refractivity contribution in [2.24, 2.45) is 5.73 Å². The number of hydrogen-bond acceptors (Lipinski definition) is 4. The summed E-state index contributed by atoms with van der Waals surface area (Å²) in [5.41, 5.74) is 6.52. The number of nitrogens with zero attached hydrogens (tertiary/aromatic N) is 1. The highest BCUT2D eigenvalue weighted by atomic mass is 35.5. The molecule has 0 aliphatic rings. The molecule has 0 radical (unpaired) electrons. The molecule has 1 aromatic heterocycles. The van der Waals surface area contributed by atoms with E-state index in [1.54, 1.807) is 19.2 Å². The van der Waals surface area contributed by atoms with Crippen LogP contribution in [0.2, 0.25) is 5.02 Å². The van der Waals surface area contributed by atoms with Gasteiger partial charge in [0, 0.05) is 18.4 Å². The second-order valence-corrected chi connectivity index (χ2v) is 3.42. The summed E-state index contributed by atoms with van der Waals surface area (Å²) >= 11 is 5.89. The minimum absolute atomic E-state index is 0.123. The molecule has 4 nitrogen and oxygen atoms in total. The molecule has 1 heterocycles. The van der Waals surface area contributed by atoms with Gasteiger partial charge in [-0.05, 0) is 18.6 Å². The van der Waals surface area contributed by atoms with E-state index in [0.29, 0.717) is 17.2 Å². The Labute approximate surface area is 93.4 Å². The van der Waals surface area contributed by atoms with Crippen molar-refractivity contribution in [3.05, 3.63) is 29.0 Å². The van der Waals surface area contributed by atoms with Crippen molar-refractivity contribution < 1.29 is 9.53 Å². The van der Waals surface area contributed by atoms with Gasteiger partial charge in [-0.2, -0.15) is 0 Å².